The van der Waals surface area contributed by atoms with E-state index >= 15 is 0 Å². The molecule has 1 aromatic carbocycles. The Morgan fingerprint density at radius 1 is 0.870 bits per heavy atom. The molecular weight excluding hydrogens is 326 g/mol. The molecule has 23 heavy (non-hydrogen) atoms. The molecule has 0 atom stereocenters. The minimum absolute atomic E-state index is 0.0500. The summed E-state index contributed by atoms with van der Waals surface area (Å²) in [5.74, 6) is 0. The third-order valence-electron chi connectivity index (χ3n) is 3.76. The first-order valence-electron chi connectivity index (χ1n) is 7.16. The van der Waals surface area contributed by atoms with Gasteiger partial charge >= 0.3 is 0 Å². The lowest BCUT2D eigenvalue weighted by Gasteiger charge is -2.15. The number of hydrogen-bond donors (Lipinski definition) is 0. The summed E-state index contributed by atoms with van der Waals surface area (Å²) in [6.45, 7) is 0. The zero-order chi connectivity index (χ0) is 16.4. The van der Waals surface area contributed by atoms with Crippen molar-refractivity contribution >= 4 is 51.0 Å². The summed E-state index contributed by atoms with van der Waals surface area (Å²) in [5, 5.41) is 11.3. The molecule has 0 saturated carbocycles. The van der Waals surface area contributed by atoms with Gasteiger partial charge in [-0.1, -0.05) is 60.9 Å². The quantitative estimate of drug-likeness (QED) is 0.440. The molecule has 0 heterocycles. The number of benzene rings is 1. The smallest absolute Gasteiger partial charge is 0.258 e. The monoisotopic (exact) mass is 339 g/mol. The summed E-state index contributed by atoms with van der Waals surface area (Å²) < 4.78 is 0. The molecular formula is C18H13NO2S2. The van der Waals surface area contributed by atoms with E-state index in [1.54, 1.807) is 12.1 Å². The number of rotatable bonds is 3. The van der Waals surface area contributed by atoms with E-state index in [4.69, 9.17) is 24.4 Å². The fourth-order valence-electron chi connectivity index (χ4n) is 2.63. The molecule has 0 fully saturated rings. The largest absolute Gasteiger partial charge is 0.270 e. The Hall–Kier alpha value is -2.24. The van der Waals surface area contributed by atoms with Crippen molar-refractivity contribution in [3.63, 3.8) is 0 Å². The predicted octanol–water partition coefficient (Wildman–Crippen LogP) is 5.02. The maximum absolute atomic E-state index is 11.3. The number of non-ortho nitro benzene ring substituents is 1. The van der Waals surface area contributed by atoms with Gasteiger partial charge in [-0.2, -0.15) is 0 Å². The molecule has 0 N–H and O–H groups in total. The summed E-state index contributed by atoms with van der Waals surface area (Å²) in [6.07, 6.45) is 13.0. The van der Waals surface area contributed by atoms with E-state index in [2.05, 4.69) is 0 Å². The summed E-state index contributed by atoms with van der Waals surface area (Å²) in [5.41, 5.74) is 3.31. The summed E-state index contributed by atoms with van der Waals surface area (Å²) in [6, 6.07) is 5.08. The number of nitro groups is 1. The van der Waals surface area contributed by atoms with Crippen molar-refractivity contribution < 1.29 is 4.92 Å². The Labute approximate surface area is 144 Å². The lowest BCUT2D eigenvalue weighted by atomic mass is 9.91. The minimum Gasteiger partial charge on any atom is -0.258 e. The molecule has 0 saturated heterocycles. The first kappa shape index (κ1) is 15.6. The Kier molecular flexibility index (Phi) is 4.41. The number of nitro benzene ring substituents is 1. The van der Waals surface area contributed by atoms with Crippen LogP contribution in [0.2, 0.25) is 0 Å². The van der Waals surface area contributed by atoms with Crippen LogP contribution in [0.1, 0.15) is 24.0 Å². The summed E-state index contributed by atoms with van der Waals surface area (Å²) in [4.78, 5) is 12.5. The van der Waals surface area contributed by atoms with Crippen LogP contribution in [0.15, 0.2) is 54.7 Å². The van der Waals surface area contributed by atoms with Gasteiger partial charge in [0.05, 0.1) is 4.92 Å². The normalized spacial score (nSPS) is 17.0. The maximum Gasteiger partial charge on any atom is 0.270 e. The van der Waals surface area contributed by atoms with Crippen LogP contribution in [0, 0.1) is 10.1 Å². The van der Waals surface area contributed by atoms with Crippen LogP contribution in [0.5, 0.6) is 0 Å². The zero-order valence-corrected chi connectivity index (χ0v) is 13.8. The van der Waals surface area contributed by atoms with Crippen LogP contribution in [0.4, 0.5) is 5.69 Å². The molecule has 5 heteroatoms. The highest BCUT2D eigenvalue weighted by molar-refractivity contribution is 7.81. The Bertz CT molecular complexity index is 784. The van der Waals surface area contributed by atoms with E-state index in [0.29, 0.717) is 12.8 Å². The van der Waals surface area contributed by atoms with Crippen molar-refractivity contribution in [3.05, 3.63) is 75.9 Å². The van der Waals surface area contributed by atoms with Crippen molar-refractivity contribution in [3.8, 4) is 0 Å². The number of nitrogens with zero attached hydrogens (tertiary/aromatic N) is 1. The van der Waals surface area contributed by atoms with Crippen LogP contribution in [-0.2, 0) is 0 Å². The molecule has 0 unspecified atom stereocenters. The second-order valence-electron chi connectivity index (χ2n) is 5.30. The molecule has 0 amide bonds. The molecule has 3 rings (SSSR count). The van der Waals surface area contributed by atoms with Gasteiger partial charge in [0.1, 0.15) is 0 Å². The van der Waals surface area contributed by atoms with Crippen molar-refractivity contribution in [2.75, 3.05) is 0 Å². The third-order valence-corrected chi connectivity index (χ3v) is 4.53. The lowest BCUT2D eigenvalue weighted by Crippen LogP contribution is -2.05. The highest BCUT2D eigenvalue weighted by atomic mass is 32.1. The average Bonchev–Trinajstić information content (AvgIpc) is 2.55. The number of hydrogen-bond acceptors (Lipinski definition) is 4. The van der Waals surface area contributed by atoms with Gasteiger partial charge in [0.15, 0.2) is 0 Å². The zero-order valence-electron chi connectivity index (χ0n) is 12.2. The van der Waals surface area contributed by atoms with Crippen LogP contribution in [0.3, 0.4) is 0 Å². The highest BCUT2D eigenvalue weighted by Crippen LogP contribution is 2.31. The van der Waals surface area contributed by atoms with Crippen molar-refractivity contribution in [2.24, 2.45) is 0 Å². The molecule has 0 spiro atoms. The third kappa shape index (κ3) is 3.25. The summed E-state index contributed by atoms with van der Waals surface area (Å²) >= 11 is 10.8. The molecule has 2 aliphatic carbocycles. The van der Waals surface area contributed by atoms with Gasteiger partial charge in [-0.3, -0.25) is 10.1 Å². The molecule has 3 nitrogen and oxygen atoms in total. The van der Waals surface area contributed by atoms with Crippen LogP contribution in [-0.4, -0.2) is 14.7 Å². The van der Waals surface area contributed by atoms with Crippen LogP contribution in [0.25, 0.3) is 11.1 Å². The van der Waals surface area contributed by atoms with Gasteiger partial charge in [-0.15, -0.1) is 0 Å². The van der Waals surface area contributed by atoms with Crippen molar-refractivity contribution in [1.29, 1.82) is 0 Å². The number of allylic oxidation sites excluding steroid dienone is 8. The van der Waals surface area contributed by atoms with Crippen molar-refractivity contribution in [1.82, 2.24) is 0 Å². The molecule has 0 aromatic heterocycles. The lowest BCUT2D eigenvalue weighted by molar-refractivity contribution is -0.384. The fraction of sp³-hybridized carbons (Fsp3) is 0.111. The maximum atomic E-state index is 11.3. The molecule has 0 aliphatic heterocycles. The van der Waals surface area contributed by atoms with Gasteiger partial charge in [0.25, 0.3) is 5.69 Å². The van der Waals surface area contributed by atoms with Gasteiger partial charge in [-0.25, -0.2) is 0 Å². The Morgan fingerprint density at radius 3 is 1.74 bits per heavy atom. The van der Waals surface area contributed by atoms with Crippen LogP contribution < -0.4 is 0 Å². The van der Waals surface area contributed by atoms with Gasteiger partial charge in [0.2, 0.25) is 0 Å². The summed E-state index contributed by atoms with van der Waals surface area (Å²) in [7, 11) is 0. The second kappa shape index (κ2) is 6.48. The standard InChI is InChI=1S/C18H13NO2S2/c20-19(21)14-10-12(15-5-1-3-7-17(15)22)9-13(11-14)16-6-2-4-8-18(16)23/h1-6,9-11H,7-8H2. The molecule has 0 radical (unpaired) electrons. The molecule has 1 aromatic rings. The second-order valence-corrected chi connectivity index (χ2v) is 6.28. The molecule has 114 valence electrons. The average molecular weight is 339 g/mol. The predicted molar refractivity (Wildman–Crippen MR) is 102 cm³/mol. The van der Waals surface area contributed by atoms with Crippen molar-refractivity contribution in [2.45, 2.75) is 12.8 Å². The number of thiocarbonyl (C=S) groups is 2. The van der Waals surface area contributed by atoms with Gasteiger partial charge in [0, 0.05) is 34.7 Å². The first-order valence-corrected chi connectivity index (χ1v) is 7.98. The van der Waals surface area contributed by atoms with E-state index in [-0.39, 0.29) is 10.6 Å². The Morgan fingerprint density at radius 2 is 1.35 bits per heavy atom. The molecule has 2 aliphatic rings. The first-order chi connectivity index (χ1) is 11.1. The van der Waals surface area contributed by atoms with Gasteiger partial charge < -0.3 is 0 Å². The molecule has 0 bridgehead atoms. The Balaban J connectivity index is 2.16. The van der Waals surface area contributed by atoms with Gasteiger partial charge in [-0.05, 0) is 28.3 Å². The van der Waals surface area contributed by atoms with E-state index in [1.807, 2.05) is 42.5 Å². The highest BCUT2D eigenvalue weighted by Gasteiger charge is 2.18. The van der Waals surface area contributed by atoms with E-state index in [1.165, 1.54) is 0 Å². The fourth-order valence-corrected chi connectivity index (χ4v) is 3.19. The topological polar surface area (TPSA) is 43.1 Å². The SMILES string of the molecule is O=[N+]([O-])c1cc(C2=CC=CCC2=S)cc(C2=CC=CCC2=S)c1. The van der Waals surface area contributed by atoms with E-state index in [0.717, 1.165) is 32.0 Å². The van der Waals surface area contributed by atoms with Crippen LogP contribution >= 0.6 is 24.4 Å². The minimum atomic E-state index is -0.377. The van der Waals surface area contributed by atoms with E-state index < -0.39 is 0 Å². The van der Waals surface area contributed by atoms with E-state index in [9.17, 15) is 10.1 Å².